The molecule has 3 heteroatoms. The Morgan fingerprint density at radius 3 is 2.79 bits per heavy atom. The molecule has 0 aliphatic rings. The maximum atomic E-state index is 6.31. The third-order valence-electron chi connectivity index (χ3n) is 3.31. The van der Waals surface area contributed by atoms with Gasteiger partial charge in [0.1, 0.15) is 0 Å². The van der Waals surface area contributed by atoms with Gasteiger partial charge in [-0.15, -0.1) is 0 Å². The molecule has 0 aliphatic carbocycles. The zero-order chi connectivity index (χ0) is 13.4. The Morgan fingerprint density at radius 1 is 1.16 bits per heavy atom. The van der Waals surface area contributed by atoms with Gasteiger partial charge in [-0.3, -0.25) is 0 Å². The van der Waals surface area contributed by atoms with Crippen molar-refractivity contribution in [2.24, 2.45) is 0 Å². The summed E-state index contributed by atoms with van der Waals surface area (Å²) in [5.74, 6) is 0. The Hall–Kier alpha value is -1.25. The summed E-state index contributed by atoms with van der Waals surface area (Å²) in [6, 6.07) is 14.6. The van der Waals surface area contributed by atoms with Crippen LogP contribution in [0.3, 0.4) is 0 Å². The third-order valence-corrected chi connectivity index (χ3v) is 4.35. The maximum absolute atomic E-state index is 6.31. The molecule has 0 saturated carbocycles. The van der Waals surface area contributed by atoms with Crippen molar-refractivity contribution in [3.63, 3.8) is 0 Å². The fourth-order valence-electron chi connectivity index (χ4n) is 2.29. The largest absolute Gasteiger partial charge is 0.343 e. The molecule has 19 heavy (non-hydrogen) atoms. The van der Waals surface area contributed by atoms with Crippen molar-refractivity contribution in [3.05, 3.63) is 69.3 Å². The van der Waals surface area contributed by atoms with Crippen molar-refractivity contribution >= 4 is 38.4 Å². The van der Waals surface area contributed by atoms with Gasteiger partial charge in [0.2, 0.25) is 0 Å². The molecule has 0 radical (unpaired) electrons. The Labute approximate surface area is 125 Å². The van der Waals surface area contributed by atoms with E-state index in [9.17, 15) is 0 Å². The number of hydrogen-bond acceptors (Lipinski definition) is 0. The minimum Gasteiger partial charge on any atom is -0.343 e. The van der Waals surface area contributed by atoms with Crippen molar-refractivity contribution in [1.29, 1.82) is 0 Å². The van der Waals surface area contributed by atoms with Crippen LogP contribution in [0.25, 0.3) is 10.9 Å². The Morgan fingerprint density at radius 2 is 2.00 bits per heavy atom. The van der Waals surface area contributed by atoms with Crippen molar-refractivity contribution in [1.82, 2.24) is 4.57 Å². The molecule has 0 bridgehead atoms. The summed E-state index contributed by atoms with van der Waals surface area (Å²) in [4.78, 5) is 0. The van der Waals surface area contributed by atoms with E-state index < -0.39 is 0 Å². The monoisotopic (exact) mass is 333 g/mol. The molecule has 1 heterocycles. The predicted octanol–water partition coefficient (Wildman–Crippen LogP) is 5.41. The highest BCUT2D eigenvalue weighted by Crippen LogP contribution is 2.26. The van der Waals surface area contributed by atoms with E-state index in [0.29, 0.717) is 0 Å². The number of halogens is 2. The molecule has 0 unspecified atom stereocenters. The fraction of sp³-hybridized carbons (Fsp3) is 0.125. The molecule has 1 nitrogen and oxygen atoms in total. The van der Waals surface area contributed by atoms with Crippen molar-refractivity contribution < 1.29 is 0 Å². The van der Waals surface area contributed by atoms with Gasteiger partial charge in [0.25, 0.3) is 0 Å². The van der Waals surface area contributed by atoms with Crippen molar-refractivity contribution in [3.8, 4) is 0 Å². The second-order valence-corrected chi connectivity index (χ2v) is 5.97. The van der Waals surface area contributed by atoms with Crippen LogP contribution in [0.2, 0.25) is 5.02 Å². The SMILES string of the molecule is Cc1ccc(Cn2ccc3c(Br)cccc32)c(Cl)c1. The topological polar surface area (TPSA) is 4.93 Å². The third kappa shape index (κ3) is 2.43. The zero-order valence-corrected chi connectivity index (χ0v) is 12.9. The quantitative estimate of drug-likeness (QED) is 0.590. The molecule has 0 amide bonds. The van der Waals surface area contributed by atoms with E-state index in [2.05, 4.69) is 70.0 Å². The van der Waals surface area contributed by atoms with E-state index in [1.807, 2.05) is 6.07 Å². The molecule has 2 aromatic carbocycles. The highest BCUT2D eigenvalue weighted by atomic mass is 79.9. The first kappa shape index (κ1) is 12.8. The molecule has 0 spiro atoms. The summed E-state index contributed by atoms with van der Waals surface area (Å²) in [7, 11) is 0. The number of benzene rings is 2. The van der Waals surface area contributed by atoms with Gasteiger partial charge in [-0.2, -0.15) is 0 Å². The maximum Gasteiger partial charge on any atom is 0.0494 e. The smallest absolute Gasteiger partial charge is 0.0494 e. The highest BCUT2D eigenvalue weighted by molar-refractivity contribution is 9.10. The van der Waals surface area contributed by atoms with E-state index in [1.54, 1.807) is 0 Å². The summed E-state index contributed by atoms with van der Waals surface area (Å²) in [5, 5.41) is 2.06. The van der Waals surface area contributed by atoms with Crippen LogP contribution in [-0.4, -0.2) is 4.57 Å². The average molecular weight is 335 g/mol. The molecule has 3 rings (SSSR count). The summed E-state index contributed by atoms with van der Waals surface area (Å²) in [6.45, 7) is 2.84. The van der Waals surface area contributed by atoms with E-state index >= 15 is 0 Å². The zero-order valence-electron chi connectivity index (χ0n) is 10.5. The minimum absolute atomic E-state index is 0.791. The number of fused-ring (bicyclic) bond motifs is 1. The molecular formula is C16H13BrClN. The van der Waals surface area contributed by atoms with Crippen LogP contribution < -0.4 is 0 Å². The normalized spacial score (nSPS) is 11.1. The molecule has 96 valence electrons. The Kier molecular flexibility index (Phi) is 3.38. The lowest BCUT2D eigenvalue weighted by atomic mass is 10.1. The van der Waals surface area contributed by atoms with E-state index in [0.717, 1.165) is 21.6 Å². The van der Waals surface area contributed by atoms with Gasteiger partial charge in [-0.1, -0.05) is 45.7 Å². The first-order valence-electron chi connectivity index (χ1n) is 6.13. The van der Waals surface area contributed by atoms with Crippen molar-refractivity contribution in [2.75, 3.05) is 0 Å². The number of hydrogen-bond donors (Lipinski definition) is 0. The highest BCUT2D eigenvalue weighted by Gasteiger charge is 2.06. The average Bonchev–Trinajstić information content (AvgIpc) is 2.78. The summed E-state index contributed by atoms with van der Waals surface area (Å²) in [6.07, 6.45) is 2.10. The van der Waals surface area contributed by atoms with E-state index in [1.165, 1.54) is 16.5 Å². The molecule has 0 N–H and O–H groups in total. The van der Waals surface area contributed by atoms with E-state index in [-0.39, 0.29) is 0 Å². The van der Waals surface area contributed by atoms with Gasteiger partial charge in [0.05, 0.1) is 0 Å². The number of aromatic nitrogens is 1. The van der Waals surface area contributed by atoms with Crippen LogP contribution >= 0.6 is 27.5 Å². The molecule has 1 aromatic heterocycles. The van der Waals surface area contributed by atoms with Gasteiger partial charge >= 0.3 is 0 Å². The first-order valence-corrected chi connectivity index (χ1v) is 7.30. The number of nitrogens with zero attached hydrogens (tertiary/aromatic N) is 1. The molecular weight excluding hydrogens is 322 g/mol. The minimum atomic E-state index is 0.791. The summed E-state index contributed by atoms with van der Waals surface area (Å²) >= 11 is 9.89. The van der Waals surface area contributed by atoms with Gasteiger partial charge in [0, 0.05) is 33.1 Å². The van der Waals surface area contributed by atoms with Crippen molar-refractivity contribution in [2.45, 2.75) is 13.5 Å². The van der Waals surface area contributed by atoms with Gasteiger partial charge in [-0.25, -0.2) is 0 Å². The molecule has 0 saturated heterocycles. The molecule has 0 fully saturated rings. The van der Waals surface area contributed by atoms with Crippen LogP contribution in [0.15, 0.2) is 53.1 Å². The number of aryl methyl sites for hydroxylation is 1. The van der Waals surface area contributed by atoms with Crippen LogP contribution in [0.4, 0.5) is 0 Å². The second kappa shape index (κ2) is 5.03. The lowest BCUT2D eigenvalue weighted by Crippen LogP contribution is -1.98. The summed E-state index contributed by atoms with van der Waals surface area (Å²) < 4.78 is 3.34. The lowest BCUT2D eigenvalue weighted by molar-refractivity contribution is 0.836. The van der Waals surface area contributed by atoms with Crippen LogP contribution in [0.1, 0.15) is 11.1 Å². The number of rotatable bonds is 2. The van der Waals surface area contributed by atoms with Gasteiger partial charge < -0.3 is 4.57 Å². The summed E-state index contributed by atoms with van der Waals surface area (Å²) in [5.41, 5.74) is 3.55. The van der Waals surface area contributed by atoms with Gasteiger partial charge in [0.15, 0.2) is 0 Å². The fourth-order valence-corrected chi connectivity index (χ4v) is 3.07. The first-order chi connectivity index (χ1) is 9.15. The Bertz CT molecular complexity index is 746. The van der Waals surface area contributed by atoms with Crippen LogP contribution in [-0.2, 0) is 6.54 Å². The lowest BCUT2D eigenvalue weighted by Gasteiger charge is -2.08. The van der Waals surface area contributed by atoms with Crippen LogP contribution in [0.5, 0.6) is 0 Å². The molecule has 0 atom stereocenters. The van der Waals surface area contributed by atoms with Crippen LogP contribution in [0, 0.1) is 6.92 Å². The molecule has 3 aromatic rings. The van der Waals surface area contributed by atoms with E-state index in [4.69, 9.17) is 11.6 Å². The Balaban J connectivity index is 2.04. The predicted molar refractivity (Wildman–Crippen MR) is 84.9 cm³/mol. The second-order valence-electron chi connectivity index (χ2n) is 4.71. The molecule has 0 aliphatic heterocycles. The standard InChI is InChI=1S/C16H13BrClN/c1-11-5-6-12(15(18)9-11)10-19-8-7-13-14(17)3-2-4-16(13)19/h2-9H,10H2,1H3. The van der Waals surface area contributed by atoms with Gasteiger partial charge in [-0.05, 0) is 42.3 Å².